The lowest BCUT2D eigenvalue weighted by Crippen LogP contribution is -2.31. The van der Waals surface area contributed by atoms with Crippen LogP contribution in [0.2, 0.25) is 5.02 Å². The molecule has 1 fully saturated rings. The highest BCUT2D eigenvalue weighted by Gasteiger charge is 2.20. The van der Waals surface area contributed by atoms with E-state index in [1.807, 2.05) is 6.07 Å². The van der Waals surface area contributed by atoms with Gasteiger partial charge in [-0.05, 0) is 48.3 Å². The minimum Gasteiger partial charge on any atom is -0.478 e. The Kier molecular flexibility index (Phi) is 6.80. The molecule has 0 bridgehead atoms. The quantitative estimate of drug-likeness (QED) is 0.397. The zero-order valence-corrected chi connectivity index (χ0v) is 18.7. The molecule has 4 rings (SSSR count). The number of pyridine rings is 1. The Hall–Kier alpha value is -2.85. The average molecular weight is 474 g/mol. The van der Waals surface area contributed by atoms with Crippen molar-refractivity contribution in [3.8, 4) is 0 Å². The highest BCUT2D eigenvalue weighted by Crippen LogP contribution is 2.38. The fourth-order valence-electron chi connectivity index (χ4n) is 3.32. The molecule has 2 heterocycles. The SMILES string of the molecule is COC(=O)c1cc(C(=O)O)ccc1Nc1c(SN2CCOCC2)cnc2ccc(Cl)cc12. The maximum atomic E-state index is 12.4. The van der Waals surface area contributed by atoms with Gasteiger partial charge in [0, 0.05) is 29.7 Å². The molecule has 0 aliphatic carbocycles. The van der Waals surface area contributed by atoms with E-state index in [4.69, 9.17) is 21.1 Å². The van der Waals surface area contributed by atoms with Crippen molar-refractivity contribution < 1.29 is 24.2 Å². The molecular weight excluding hydrogens is 454 g/mol. The number of carbonyl (C=O) groups is 2. The lowest BCUT2D eigenvalue weighted by Gasteiger charge is -2.26. The molecule has 1 aromatic heterocycles. The van der Waals surface area contributed by atoms with Gasteiger partial charge in [0.2, 0.25) is 0 Å². The highest BCUT2D eigenvalue weighted by atomic mass is 35.5. The number of benzene rings is 2. The number of carboxylic acid groups (broad SMARTS) is 1. The van der Waals surface area contributed by atoms with Gasteiger partial charge in [-0.1, -0.05) is 11.6 Å². The first-order chi connectivity index (χ1) is 15.5. The largest absolute Gasteiger partial charge is 0.478 e. The number of nitrogens with one attached hydrogen (secondary N) is 1. The number of aromatic carboxylic acids is 1. The molecule has 0 spiro atoms. The number of aromatic nitrogens is 1. The summed E-state index contributed by atoms with van der Waals surface area (Å²) in [7, 11) is 1.25. The predicted molar refractivity (Wildman–Crippen MR) is 123 cm³/mol. The molecule has 0 unspecified atom stereocenters. The normalized spacial score (nSPS) is 14.3. The Morgan fingerprint density at radius 3 is 2.72 bits per heavy atom. The summed E-state index contributed by atoms with van der Waals surface area (Å²) in [5.74, 6) is -1.78. The highest BCUT2D eigenvalue weighted by molar-refractivity contribution is 7.97. The first-order valence-electron chi connectivity index (χ1n) is 9.78. The van der Waals surface area contributed by atoms with Crippen LogP contribution in [0.4, 0.5) is 11.4 Å². The summed E-state index contributed by atoms with van der Waals surface area (Å²) >= 11 is 7.80. The second kappa shape index (κ2) is 9.74. The minimum atomic E-state index is -1.13. The molecule has 2 N–H and O–H groups in total. The number of anilines is 2. The van der Waals surface area contributed by atoms with Gasteiger partial charge in [0.1, 0.15) is 0 Å². The molecule has 3 aromatic rings. The van der Waals surface area contributed by atoms with Crippen molar-refractivity contribution in [2.24, 2.45) is 0 Å². The number of fused-ring (bicyclic) bond motifs is 1. The third kappa shape index (κ3) is 4.81. The summed E-state index contributed by atoms with van der Waals surface area (Å²) in [5.41, 5.74) is 1.95. The van der Waals surface area contributed by atoms with Crippen LogP contribution in [0.3, 0.4) is 0 Å². The van der Waals surface area contributed by atoms with Crippen LogP contribution < -0.4 is 5.32 Å². The van der Waals surface area contributed by atoms with E-state index < -0.39 is 11.9 Å². The van der Waals surface area contributed by atoms with Gasteiger partial charge in [-0.3, -0.25) is 4.98 Å². The third-order valence-corrected chi connectivity index (χ3v) is 6.29. The summed E-state index contributed by atoms with van der Waals surface area (Å²) in [5, 5.41) is 14.0. The van der Waals surface area contributed by atoms with Crippen molar-refractivity contribution in [3.63, 3.8) is 0 Å². The van der Waals surface area contributed by atoms with Crippen LogP contribution >= 0.6 is 23.5 Å². The Morgan fingerprint density at radius 1 is 1.22 bits per heavy atom. The van der Waals surface area contributed by atoms with E-state index in [0.717, 1.165) is 28.9 Å². The molecule has 1 aliphatic rings. The van der Waals surface area contributed by atoms with E-state index in [-0.39, 0.29) is 11.1 Å². The standard InChI is InChI=1S/C22H20ClN3O5S/c1-30-22(29)16-10-13(21(27)28)2-4-18(16)25-20-15-11-14(23)3-5-17(15)24-12-19(20)32-26-6-8-31-9-7-26/h2-5,10-12H,6-9H2,1H3,(H,24,25)(H,27,28). The van der Waals surface area contributed by atoms with Gasteiger partial charge in [-0.2, -0.15) is 0 Å². The van der Waals surface area contributed by atoms with Crippen LogP contribution in [0, 0.1) is 0 Å². The molecule has 32 heavy (non-hydrogen) atoms. The number of ether oxygens (including phenoxy) is 2. The molecular formula is C22H20ClN3O5S. The first-order valence-corrected chi connectivity index (χ1v) is 10.9. The van der Waals surface area contributed by atoms with Gasteiger partial charge in [-0.15, -0.1) is 0 Å². The zero-order chi connectivity index (χ0) is 22.7. The Bertz CT molecular complexity index is 1180. The van der Waals surface area contributed by atoms with Gasteiger partial charge in [0.15, 0.2) is 0 Å². The Morgan fingerprint density at radius 2 is 2.00 bits per heavy atom. The average Bonchev–Trinajstić information content (AvgIpc) is 2.80. The van der Waals surface area contributed by atoms with E-state index in [1.165, 1.54) is 31.2 Å². The van der Waals surface area contributed by atoms with Crippen molar-refractivity contribution in [1.82, 2.24) is 9.29 Å². The Balaban J connectivity index is 1.82. The lowest BCUT2D eigenvalue weighted by molar-refractivity contribution is 0.0602. The molecule has 2 aromatic carbocycles. The van der Waals surface area contributed by atoms with E-state index in [0.29, 0.717) is 29.6 Å². The molecule has 1 aliphatic heterocycles. The number of rotatable bonds is 6. The summed E-state index contributed by atoms with van der Waals surface area (Å²) in [4.78, 5) is 29.2. The van der Waals surface area contributed by atoms with E-state index in [2.05, 4.69) is 14.6 Å². The second-order valence-corrected chi connectivity index (χ2v) is 8.55. The van der Waals surface area contributed by atoms with E-state index in [1.54, 1.807) is 24.4 Å². The number of carboxylic acids is 1. The predicted octanol–water partition coefficient (Wildman–Crippen LogP) is 4.46. The number of hydrogen-bond acceptors (Lipinski definition) is 8. The van der Waals surface area contributed by atoms with Gasteiger partial charge in [-0.25, -0.2) is 13.9 Å². The van der Waals surface area contributed by atoms with Gasteiger partial charge < -0.3 is 19.9 Å². The van der Waals surface area contributed by atoms with Crippen LogP contribution in [0.5, 0.6) is 0 Å². The van der Waals surface area contributed by atoms with Crippen LogP contribution in [-0.2, 0) is 9.47 Å². The summed E-state index contributed by atoms with van der Waals surface area (Å²) in [6.07, 6.45) is 1.77. The van der Waals surface area contributed by atoms with Crippen molar-refractivity contribution in [3.05, 3.63) is 58.7 Å². The van der Waals surface area contributed by atoms with Gasteiger partial charge >= 0.3 is 11.9 Å². The topological polar surface area (TPSA) is 101 Å². The molecule has 8 nitrogen and oxygen atoms in total. The number of hydrogen-bond donors (Lipinski definition) is 2. The number of esters is 1. The van der Waals surface area contributed by atoms with E-state index >= 15 is 0 Å². The third-order valence-electron chi connectivity index (χ3n) is 4.92. The maximum Gasteiger partial charge on any atom is 0.339 e. The van der Waals surface area contributed by atoms with Crippen molar-refractivity contribution in [2.75, 3.05) is 38.7 Å². The fraction of sp³-hybridized carbons (Fsp3) is 0.227. The minimum absolute atomic E-state index is 0.0125. The molecule has 1 saturated heterocycles. The number of methoxy groups -OCH3 is 1. The number of halogens is 1. The van der Waals surface area contributed by atoms with Gasteiger partial charge in [0.05, 0.1) is 53.2 Å². The fourth-order valence-corrected chi connectivity index (χ4v) is 4.46. The van der Waals surface area contributed by atoms with Crippen molar-refractivity contribution in [1.29, 1.82) is 0 Å². The summed E-state index contributed by atoms with van der Waals surface area (Å²) < 4.78 is 12.5. The molecule has 0 radical (unpaired) electrons. The van der Waals surface area contributed by atoms with Crippen LogP contribution in [-0.4, -0.2) is 59.7 Å². The van der Waals surface area contributed by atoms with Crippen molar-refractivity contribution >= 4 is 57.8 Å². The summed E-state index contributed by atoms with van der Waals surface area (Å²) in [6, 6.07) is 9.66. The van der Waals surface area contributed by atoms with Gasteiger partial charge in [0.25, 0.3) is 0 Å². The van der Waals surface area contributed by atoms with E-state index in [9.17, 15) is 14.7 Å². The first kappa shape index (κ1) is 22.3. The molecule has 10 heteroatoms. The summed E-state index contributed by atoms with van der Waals surface area (Å²) in [6.45, 7) is 2.81. The lowest BCUT2D eigenvalue weighted by atomic mass is 10.1. The maximum absolute atomic E-state index is 12.4. The molecule has 166 valence electrons. The number of carbonyl (C=O) groups excluding carboxylic acids is 1. The van der Waals surface area contributed by atoms with Crippen molar-refractivity contribution in [2.45, 2.75) is 4.90 Å². The molecule has 0 saturated carbocycles. The van der Waals surface area contributed by atoms with Crippen LogP contribution in [0.1, 0.15) is 20.7 Å². The Labute approximate surface area is 193 Å². The number of morpholine rings is 1. The monoisotopic (exact) mass is 473 g/mol. The smallest absolute Gasteiger partial charge is 0.339 e. The van der Waals surface area contributed by atoms with Crippen LogP contribution in [0.15, 0.2) is 47.5 Å². The molecule has 0 atom stereocenters. The zero-order valence-electron chi connectivity index (χ0n) is 17.1. The van der Waals surface area contributed by atoms with Crippen LogP contribution in [0.25, 0.3) is 10.9 Å². The number of nitrogens with zero attached hydrogens (tertiary/aromatic N) is 2. The second-order valence-electron chi connectivity index (χ2n) is 6.97. The molecule has 0 amide bonds.